The zero-order chi connectivity index (χ0) is 22.6. The molecule has 3 aromatic heterocycles. The predicted molar refractivity (Wildman–Crippen MR) is 112 cm³/mol. The molecule has 0 radical (unpaired) electrons. The number of nitrogens with zero attached hydrogens (tertiary/aromatic N) is 4. The Bertz CT molecular complexity index is 1030. The Morgan fingerprint density at radius 1 is 1.28 bits per heavy atom. The van der Waals surface area contributed by atoms with Crippen LogP contribution in [-0.4, -0.2) is 63.3 Å². The van der Waals surface area contributed by atoms with Crippen molar-refractivity contribution in [2.45, 2.75) is 18.0 Å². The number of halogens is 3. The van der Waals surface area contributed by atoms with Gasteiger partial charge in [-0.2, -0.15) is 13.2 Å². The van der Waals surface area contributed by atoms with Crippen molar-refractivity contribution >= 4 is 23.3 Å². The SMILES string of the molecule is O=C(CSCc1cn2ccccc2n1)N1CCOC(COc2ccc(C(F)(F)F)cn2)C1. The Labute approximate surface area is 186 Å². The molecule has 0 N–H and O–H groups in total. The van der Waals surface area contributed by atoms with E-state index in [0.717, 1.165) is 23.6 Å². The summed E-state index contributed by atoms with van der Waals surface area (Å²) in [6.45, 7) is 1.31. The topological polar surface area (TPSA) is 69.0 Å². The second kappa shape index (κ2) is 9.78. The largest absolute Gasteiger partial charge is 0.475 e. The summed E-state index contributed by atoms with van der Waals surface area (Å²) in [6.07, 6.45) is -0.211. The Hall–Kier alpha value is -2.79. The van der Waals surface area contributed by atoms with Crippen LogP contribution in [0.25, 0.3) is 5.65 Å². The van der Waals surface area contributed by atoms with Crippen LogP contribution in [0.4, 0.5) is 13.2 Å². The summed E-state index contributed by atoms with van der Waals surface area (Å²) in [5.41, 5.74) is 0.941. The van der Waals surface area contributed by atoms with Gasteiger partial charge in [0.15, 0.2) is 0 Å². The number of hydrogen-bond acceptors (Lipinski definition) is 6. The molecule has 1 atom stereocenters. The monoisotopic (exact) mass is 466 g/mol. The molecule has 1 unspecified atom stereocenters. The number of hydrogen-bond donors (Lipinski definition) is 0. The Balaban J connectivity index is 1.22. The molecule has 1 fully saturated rings. The fraction of sp³-hybridized carbons (Fsp3) is 0.381. The van der Waals surface area contributed by atoms with Crippen LogP contribution in [0.2, 0.25) is 0 Å². The van der Waals surface area contributed by atoms with E-state index >= 15 is 0 Å². The summed E-state index contributed by atoms with van der Waals surface area (Å²) in [6, 6.07) is 7.87. The lowest BCUT2D eigenvalue weighted by Crippen LogP contribution is -2.48. The molecule has 0 saturated carbocycles. The third-order valence-corrected chi connectivity index (χ3v) is 5.81. The van der Waals surface area contributed by atoms with Gasteiger partial charge in [-0.15, -0.1) is 11.8 Å². The quantitative estimate of drug-likeness (QED) is 0.532. The molecule has 170 valence electrons. The predicted octanol–water partition coefficient (Wildman–Crippen LogP) is 3.29. The maximum atomic E-state index is 12.6. The maximum Gasteiger partial charge on any atom is 0.417 e. The van der Waals surface area contributed by atoms with E-state index in [2.05, 4.69) is 9.97 Å². The average Bonchev–Trinajstić information content (AvgIpc) is 3.20. The lowest BCUT2D eigenvalue weighted by Gasteiger charge is -2.32. The molecule has 7 nitrogen and oxygen atoms in total. The number of morpholine rings is 1. The molecule has 4 heterocycles. The fourth-order valence-electron chi connectivity index (χ4n) is 3.25. The number of amides is 1. The van der Waals surface area contributed by atoms with Crippen LogP contribution in [0.15, 0.2) is 48.9 Å². The number of rotatable bonds is 7. The number of imidazole rings is 1. The highest BCUT2D eigenvalue weighted by Crippen LogP contribution is 2.29. The molecule has 32 heavy (non-hydrogen) atoms. The van der Waals surface area contributed by atoms with Crippen molar-refractivity contribution in [2.24, 2.45) is 0 Å². The lowest BCUT2D eigenvalue weighted by atomic mass is 10.2. The molecule has 1 aliphatic heterocycles. The number of ether oxygens (including phenoxy) is 2. The van der Waals surface area contributed by atoms with Gasteiger partial charge in [-0.05, 0) is 18.2 Å². The summed E-state index contributed by atoms with van der Waals surface area (Å²) >= 11 is 1.50. The molecular weight excluding hydrogens is 445 g/mol. The van der Waals surface area contributed by atoms with Crippen molar-refractivity contribution in [2.75, 3.05) is 32.1 Å². The number of aromatic nitrogens is 3. The van der Waals surface area contributed by atoms with Crippen LogP contribution < -0.4 is 4.74 Å². The first-order valence-corrected chi connectivity index (χ1v) is 11.1. The summed E-state index contributed by atoms with van der Waals surface area (Å²) in [5, 5.41) is 0. The molecule has 11 heteroatoms. The van der Waals surface area contributed by atoms with Crippen LogP contribution in [0.3, 0.4) is 0 Å². The van der Waals surface area contributed by atoms with E-state index in [1.54, 1.807) is 4.90 Å². The van der Waals surface area contributed by atoms with Gasteiger partial charge in [0.25, 0.3) is 0 Å². The van der Waals surface area contributed by atoms with E-state index < -0.39 is 11.7 Å². The molecule has 0 aromatic carbocycles. The summed E-state index contributed by atoms with van der Waals surface area (Å²) in [5.74, 6) is 1.03. The molecule has 3 aromatic rings. The molecule has 4 rings (SSSR count). The van der Waals surface area contributed by atoms with Gasteiger partial charge in [0.2, 0.25) is 11.8 Å². The van der Waals surface area contributed by atoms with Gasteiger partial charge in [-0.1, -0.05) is 6.07 Å². The number of alkyl halides is 3. The van der Waals surface area contributed by atoms with Crippen LogP contribution >= 0.6 is 11.8 Å². The van der Waals surface area contributed by atoms with Crippen LogP contribution in [0, 0.1) is 0 Å². The minimum Gasteiger partial charge on any atom is -0.475 e. The molecule has 0 spiro atoms. The highest BCUT2D eigenvalue weighted by molar-refractivity contribution is 7.99. The van der Waals surface area contributed by atoms with E-state index in [1.165, 1.54) is 17.8 Å². The van der Waals surface area contributed by atoms with Crippen molar-refractivity contribution in [1.82, 2.24) is 19.3 Å². The average molecular weight is 466 g/mol. The Morgan fingerprint density at radius 2 is 2.16 bits per heavy atom. The Morgan fingerprint density at radius 3 is 2.91 bits per heavy atom. The van der Waals surface area contributed by atoms with Crippen LogP contribution in [0.1, 0.15) is 11.3 Å². The summed E-state index contributed by atoms with van der Waals surface area (Å²) in [7, 11) is 0. The van der Waals surface area contributed by atoms with E-state index in [0.29, 0.717) is 31.2 Å². The van der Waals surface area contributed by atoms with Gasteiger partial charge in [0.1, 0.15) is 18.4 Å². The summed E-state index contributed by atoms with van der Waals surface area (Å²) < 4.78 is 50.8. The standard InChI is InChI=1S/C21H21F3N4O3S/c22-21(23,24)15-4-5-19(25-9-15)31-12-17-11-28(7-8-30-17)20(29)14-32-13-16-10-27-6-2-1-3-18(27)26-16/h1-6,9-10,17H,7-8,11-14H2. The van der Waals surface area contributed by atoms with Crippen molar-refractivity contribution in [1.29, 1.82) is 0 Å². The smallest absolute Gasteiger partial charge is 0.417 e. The van der Waals surface area contributed by atoms with Crippen molar-refractivity contribution in [3.63, 3.8) is 0 Å². The third-order valence-electron chi connectivity index (χ3n) is 4.86. The number of pyridine rings is 2. The number of carbonyl (C=O) groups is 1. The second-order valence-corrected chi connectivity index (χ2v) is 8.20. The van der Waals surface area contributed by atoms with Crippen molar-refractivity contribution in [3.8, 4) is 5.88 Å². The first-order chi connectivity index (χ1) is 15.4. The second-order valence-electron chi connectivity index (χ2n) is 7.22. The highest BCUT2D eigenvalue weighted by Gasteiger charge is 2.31. The van der Waals surface area contributed by atoms with Gasteiger partial charge >= 0.3 is 6.18 Å². The lowest BCUT2D eigenvalue weighted by molar-refractivity contribution is -0.138. The molecule has 1 aliphatic rings. The minimum absolute atomic E-state index is 0.000260. The fourth-order valence-corrected chi connectivity index (χ4v) is 4.06. The number of fused-ring (bicyclic) bond motifs is 1. The zero-order valence-corrected chi connectivity index (χ0v) is 17.8. The van der Waals surface area contributed by atoms with Gasteiger partial charge in [0, 0.05) is 37.0 Å². The van der Waals surface area contributed by atoms with Gasteiger partial charge in [-0.3, -0.25) is 4.79 Å². The molecule has 1 amide bonds. The van der Waals surface area contributed by atoms with Gasteiger partial charge < -0.3 is 18.8 Å². The van der Waals surface area contributed by atoms with Gasteiger partial charge in [-0.25, -0.2) is 9.97 Å². The van der Waals surface area contributed by atoms with Crippen molar-refractivity contribution in [3.05, 3.63) is 60.2 Å². The molecule has 0 bridgehead atoms. The van der Waals surface area contributed by atoms with E-state index in [4.69, 9.17) is 9.47 Å². The first-order valence-electron chi connectivity index (χ1n) is 9.94. The van der Waals surface area contributed by atoms with E-state index in [1.807, 2.05) is 35.0 Å². The molecule has 0 aliphatic carbocycles. The maximum absolute atomic E-state index is 12.6. The Kier molecular flexibility index (Phi) is 6.85. The van der Waals surface area contributed by atoms with E-state index in [9.17, 15) is 18.0 Å². The summed E-state index contributed by atoms with van der Waals surface area (Å²) in [4.78, 5) is 22.5. The molecule has 1 saturated heterocycles. The van der Waals surface area contributed by atoms with Gasteiger partial charge in [0.05, 0.1) is 30.2 Å². The zero-order valence-electron chi connectivity index (χ0n) is 17.0. The van der Waals surface area contributed by atoms with Crippen LogP contribution in [-0.2, 0) is 21.5 Å². The normalized spacial score (nSPS) is 17.0. The third kappa shape index (κ3) is 5.71. The first kappa shape index (κ1) is 22.4. The molecular formula is C21H21F3N4O3S. The van der Waals surface area contributed by atoms with Crippen molar-refractivity contribution < 1.29 is 27.4 Å². The number of thioether (sulfide) groups is 1. The minimum atomic E-state index is -4.44. The van der Waals surface area contributed by atoms with Crippen LogP contribution in [0.5, 0.6) is 5.88 Å². The highest BCUT2D eigenvalue weighted by atomic mass is 32.2. The number of carbonyl (C=O) groups excluding carboxylic acids is 1. The van der Waals surface area contributed by atoms with E-state index in [-0.39, 0.29) is 24.5 Å².